The van der Waals surface area contributed by atoms with Crippen molar-refractivity contribution >= 4 is 0 Å². The molecular weight excluding hydrogens is 308 g/mol. The minimum Gasteiger partial charge on any atom is -0.356 e. The predicted octanol–water partition coefficient (Wildman–Crippen LogP) is 1.62. The van der Waals surface area contributed by atoms with Crippen molar-refractivity contribution < 1.29 is 4.52 Å². The predicted molar refractivity (Wildman–Crippen MR) is 86.7 cm³/mol. The van der Waals surface area contributed by atoms with Crippen LogP contribution in [0.4, 0.5) is 0 Å². The first-order valence-electron chi connectivity index (χ1n) is 7.75. The molecule has 0 radical (unpaired) electrons. The SMILES string of the molecule is CC1(n2ccn(Cc3cc(-c4cccnc4)on3)c(=O)c2=O)CC1. The zero-order chi connectivity index (χ0) is 16.7. The van der Waals surface area contributed by atoms with Gasteiger partial charge in [-0.2, -0.15) is 0 Å². The standard InChI is InChI=1S/C17H16N4O3/c1-17(4-5-17)21-8-7-20(15(22)16(21)23)11-13-9-14(24-19-13)12-3-2-6-18-10-12/h2-3,6-10H,4-5,11H2,1H3. The van der Waals surface area contributed by atoms with Gasteiger partial charge < -0.3 is 13.7 Å². The van der Waals surface area contributed by atoms with Gasteiger partial charge in [0.2, 0.25) is 0 Å². The molecule has 0 saturated heterocycles. The second-order valence-corrected chi connectivity index (χ2v) is 6.33. The molecule has 3 aromatic heterocycles. The normalized spacial score (nSPS) is 15.4. The summed E-state index contributed by atoms with van der Waals surface area (Å²) < 4.78 is 8.19. The average Bonchev–Trinajstić information content (AvgIpc) is 3.17. The van der Waals surface area contributed by atoms with Gasteiger partial charge in [0.1, 0.15) is 5.69 Å². The second-order valence-electron chi connectivity index (χ2n) is 6.33. The van der Waals surface area contributed by atoms with Crippen LogP contribution in [0.15, 0.2) is 57.1 Å². The van der Waals surface area contributed by atoms with E-state index in [-0.39, 0.29) is 12.1 Å². The van der Waals surface area contributed by atoms with Crippen LogP contribution in [0, 0.1) is 0 Å². The molecular formula is C17H16N4O3. The number of pyridine rings is 1. The highest BCUT2D eigenvalue weighted by atomic mass is 16.5. The van der Waals surface area contributed by atoms with E-state index in [1.165, 1.54) is 9.13 Å². The summed E-state index contributed by atoms with van der Waals surface area (Å²) >= 11 is 0. The summed E-state index contributed by atoms with van der Waals surface area (Å²) in [6, 6.07) is 5.41. The summed E-state index contributed by atoms with van der Waals surface area (Å²) in [7, 11) is 0. The van der Waals surface area contributed by atoms with Gasteiger partial charge >= 0.3 is 11.1 Å². The van der Waals surface area contributed by atoms with Gasteiger partial charge in [-0.15, -0.1) is 0 Å². The van der Waals surface area contributed by atoms with Gasteiger partial charge in [-0.05, 0) is 31.9 Å². The van der Waals surface area contributed by atoms with Gasteiger partial charge in [0.25, 0.3) is 0 Å². The second kappa shape index (κ2) is 5.30. The topological polar surface area (TPSA) is 82.9 Å². The van der Waals surface area contributed by atoms with Crippen LogP contribution in [0.2, 0.25) is 0 Å². The summed E-state index contributed by atoms with van der Waals surface area (Å²) in [5, 5.41) is 3.97. The van der Waals surface area contributed by atoms with Crippen molar-refractivity contribution in [3.8, 4) is 11.3 Å². The largest absolute Gasteiger partial charge is 0.356 e. The molecule has 0 unspecified atom stereocenters. The zero-order valence-electron chi connectivity index (χ0n) is 13.2. The number of hydrogen-bond acceptors (Lipinski definition) is 5. The van der Waals surface area contributed by atoms with Crippen LogP contribution < -0.4 is 11.1 Å². The molecule has 4 rings (SSSR count). The molecule has 0 spiro atoms. The minimum atomic E-state index is -0.545. The van der Waals surface area contributed by atoms with E-state index in [1.54, 1.807) is 36.9 Å². The summed E-state index contributed by atoms with van der Waals surface area (Å²) in [5.74, 6) is 0.574. The van der Waals surface area contributed by atoms with E-state index in [9.17, 15) is 9.59 Å². The first-order chi connectivity index (χ1) is 11.6. The van der Waals surface area contributed by atoms with Crippen LogP contribution in [0.25, 0.3) is 11.3 Å². The van der Waals surface area contributed by atoms with Crippen molar-refractivity contribution in [1.82, 2.24) is 19.3 Å². The third kappa shape index (κ3) is 2.47. The van der Waals surface area contributed by atoms with E-state index in [4.69, 9.17) is 4.52 Å². The monoisotopic (exact) mass is 324 g/mol. The smallest absolute Gasteiger partial charge is 0.316 e. The van der Waals surface area contributed by atoms with Crippen molar-refractivity contribution in [2.75, 3.05) is 0 Å². The van der Waals surface area contributed by atoms with Gasteiger partial charge in [0, 0.05) is 42.0 Å². The first-order valence-corrected chi connectivity index (χ1v) is 7.75. The van der Waals surface area contributed by atoms with Crippen molar-refractivity contribution in [3.63, 3.8) is 0 Å². The fourth-order valence-electron chi connectivity index (χ4n) is 2.69. The lowest BCUT2D eigenvalue weighted by Crippen LogP contribution is -2.43. The summed E-state index contributed by atoms with van der Waals surface area (Å²) in [6.07, 6.45) is 8.51. The van der Waals surface area contributed by atoms with Crippen LogP contribution in [0.3, 0.4) is 0 Å². The van der Waals surface area contributed by atoms with Gasteiger partial charge in [0.15, 0.2) is 5.76 Å². The molecule has 7 heteroatoms. The van der Waals surface area contributed by atoms with E-state index < -0.39 is 11.1 Å². The van der Waals surface area contributed by atoms with E-state index >= 15 is 0 Å². The Hall–Kier alpha value is -2.96. The Balaban J connectivity index is 1.63. The van der Waals surface area contributed by atoms with Crippen molar-refractivity contribution in [2.45, 2.75) is 31.8 Å². The maximum absolute atomic E-state index is 12.3. The Morgan fingerprint density at radius 1 is 1.25 bits per heavy atom. The van der Waals surface area contributed by atoms with E-state index in [0.29, 0.717) is 11.5 Å². The van der Waals surface area contributed by atoms with Crippen LogP contribution in [0.1, 0.15) is 25.5 Å². The number of rotatable bonds is 4. The van der Waals surface area contributed by atoms with E-state index in [1.807, 2.05) is 13.0 Å². The maximum atomic E-state index is 12.3. The zero-order valence-corrected chi connectivity index (χ0v) is 13.2. The molecule has 24 heavy (non-hydrogen) atoms. The lowest BCUT2D eigenvalue weighted by atomic mass is 10.2. The van der Waals surface area contributed by atoms with Crippen LogP contribution in [-0.4, -0.2) is 19.3 Å². The Bertz CT molecular complexity index is 996. The first kappa shape index (κ1) is 14.6. The number of nitrogens with zero attached hydrogens (tertiary/aromatic N) is 4. The lowest BCUT2D eigenvalue weighted by molar-refractivity contribution is 0.419. The number of hydrogen-bond donors (Lipinski definition) is 0. The molecule has 0 atom stereocenters. The van der Waals surface area contributed by atoms with Crippen molar-refractivity contribution in [3.05, 3.63) is 69.4 Å². The highest BCUT2D eigenvalue weighted by molar-refractivity contribution is 5.55. The Morgan fingerprint density at radius 2 is 2.08 bits per heavy atom. The fraction of sp³-hybridized carbons (Fsp3) is 0.294. The van der Waals surface area contributed by atoms with Gasteiger partial charge in [-0.1, -0.05) is 5.16 Å². The quantitative estimate of drug-likeness (QED) is 0.681. The highest BCUT2D eigenvalue weighted by Gasteiger charge is 2.40. The molecule has 3 aromatic rings. The Morgan fingerprint density at radius 3 is 2.79 bits per heavy atom. The molecule has 7 nitrogen and oxygen atoms in total. The molecule has 122 valence electrons. The summed E-state index contributed by atoms with van der Waals surface area (Å²) in [5.41, 5.74) is 0.146. The molecule has 0 aromatic carbocycles. The van der Waals surface area contributed by atoms with Crippen molar-refractivity contribution in [2.24, 2.45) is 0 Å². The molecule has 1 fully saturated rings. The van der Waals surface area contributed by atoms with Crippen LogP contribution in [-0.2, 0) is 12.1 Å². The lowest BCUT2D eigenvalue weighted by Gasteiger charge is -2.13. The van der Waals surface area contributed by atoms with Gasteiger partial charge in [-0.3, -0.25) is 14.6 Å². The summed E-state index contributed by atoms with van der Waals surface area (Å²) in [4.78, 5) is 28.6. The fourth-order valence-corrected chi connectivity index (χ4v) is 2.69. The molecule has 1 aliphatic rings. The molecule has 1 aliphatic carbocycles. The molecule has 1 saturated carbocycles. The minimum absolute atomic E-state index is 0.190. The maximum Gasteiger partial charge on any atom is 0.316 e. The third-order valence-electron chi connectivity index (χ3n) is 4.45. The van der Waals surface area contributed by atoms with Gasteiger partial charge in [0.05, 0.1) is 6.54 Å². The molecule has 0 N–H and O–H groups in total. The van der Waals surface area contributed by atoms with Gasteiger partial charge in [-0.25, -0.2) is 0 Å². The van der Waals surface area contributed by atoms with Crippen LogP contribution in [0.5, 0.6) is 0 Å². The third-order valence-corrected chi connectivity index (χ3v) is 4.45. The summed E-state index contributed by atoms with van der Waals surface area (Å²) in [6.45, 7) is 2.17. The average molecular weight is 324 g/mol. The molecule has 0 amide bonds. The highest BCUT2D eigenvalue weighted by Crippen LogP contribution is 2.41. The molecule has 0 aliphatic heterocycles. The Labute approximate surface area is 137 Å². The molecule has 0 bridgehead atoms. The van der Waals surface area contributed by atoms with Crippen molar-refractivity contribution in [1.29, 1.82) is 0 Å². The number of aromatic nitrogens is 4. The van der Waals surface area contributed by atoms with E-state index in [0.717, 1.165) is 18.4 Å². The van der Waals surface area contributed by atoms with Crippen LogP contribution >= 0.6 is 0 Å². The Kier molecular flexibility index (Phi) is 3.23. The van der Waals surface area contributed by atoms with E-state index in [2.05, 4.69) is 10.1 Å². The molecule has 3 heterocycles.